The lowest BCUT2D eigenvalue weighted by Crippen LogP contribution is -2.50. The van der Waals surface area contributed by atoms with Gasteiger partial charge in [0.15, 0.2) is 5.82 Å². The number of amides is 1. The molecule has 0 aliphatic heterocycles. The molecule has 0 unspecified atom stereocenters. The minimum atomic E-state index is -6.74. The quantitative estimate of drug-likeness (QED) is 0.0962. The topological polar surface area (TPSA) is 155 Å². The second-order valence-corrected chi connectivity index (χ2v) is 10.5. The van der Waals surface area contributed by atoms with E-state index in [1.54, 1.807) is 0 Å². The molecule has 0 aliphatic carbocycles. The van der Waals surface area contributed by atoms with Crippen LogP contribution in [0.25, 0.3) is 0 Å². The zero-order valence-electron chi connectivity index (χ0n) is 24.0. The standard InChI is InChI=1S/C27H20F8N6O6S/c1-46-17-5-2-14(3-6-17)13-47-20-11-15(25(29,30)26(31,32)27(33,34)35)10-19(28)22(20)36-23(43)18-12-16(41(44)45)4-7-21(18)48-24-37-38-39-40(24)8-9-42/h2-7,10-12,42H,8-9,13H2,1H3,(H,36,43). The third-order valence-corrected chi connectivity index (χ3v) is 7.44. The Kier molecular flexibility index (Phi) is 10.4. The van der Waals surface area contributed by atoms with E-state index in [1.807, 2.05) is 5.32 Å². The Bertz CT molecular complexity index is 1810. The van der Waals surface area contributed by atoms with E-state index in [2.05, 4.69) is 15.5 Å². The summed E-state index contributed by atoms with van der Waals surface area (Å²) in [5.74, 6) is -16.6. The summed E-state index contributed by atoms with van der Waals surface area (Å²) in [5.41, 5.74) is -4.08. The van der Waals surface area contributed by atoms with Crippen LogP contribution in [0.3, 0.4) is 0 Å². The summed E-state index contributed by atoms with van der Waals surface area (Å²) >= 11 is 0.685. The number of benzene rings is 3. The number of nitrogens with zero attached hydrogens (tertiary/aromatic N) is 5. The minimum absolute atomic E-state index is 0.00109. The van der Waals surface area contributed by atoms with E-state index < -0.39 is 76.1 Å². The van der Waals surface area contributed by atoms with E-state index in [0.717, 1.165) is 22.9 Å². The molecule has 256 valence electrons. The zero-order chi connectivity index (χ0) is 35.4. The number of ether oxygens (including phenoxy) is 2. The van der Waals surface area contributed by atoms with Gasteiger partial charge < -0.3 is 19.9 Å². The normalized spacial score (nSPS) is 12.1. The van der Waals surface area contributed by atoms with Crippen LogP contribution in [0.4, 0.5) is 46.5 Å². The second kappa shape index (κ2) is 14.0. The number of halogens is 8. The first kappa shape index (κ1) is 35.8. The molecule has 48 heavy (non-hydrogen) atoms. The minimum Gasteiger partial charge on any atom is -0.497 e. The predicted molar refractivity (Wildman–Crippen MR) is 149 cm³/mol. The van der Waals surface area contributed by atoms with Crippen molar-refractivity contribution in [2.75, 3.05) is 19.0 Å². The van der Waals surface area contributed by atoms with Crippen molar-refractivity contribution >= 4 is 29.0 Å². The number of carbonyl (C=O) groups excluding carboxylic acids is 1. The van der Waals surface area contributed by atoms with Crippen LogP contribution in [0.15, 0.2) is 64.6 Å². The highest BCUT2D eigenvalue weighted by Crippen LogP contribution is 2.53. The number of hydrogen-bond donors (Lipinski definition) is 2. The van der Waals surface area contributed by atoms with E-state index in [0.29, 0.717) is 17.5 Å². The predicted octanol–water partition coefficient (Wildman–Crippen LogP) is 5.99. The highest BCUT2D eigenvalue weighted by molar-refractivity contribution is 7.99. The Morgan fingerprint density at radius 3 is 2.35 bits per heavy atom. The number of carbonyl (C=O) groups is 1. The van der Waals surface area contributed by atoms with Gasteiger partial charge in [-0.15, -0.1) is 5.10 Å². The molecule has 1 heterocycles. The maximum Gasteiger partial charge on any atom is 0.460 e. The molecule has 1 aromatic heterocycles. The highest BCUT2D eigenvalue weighted by atomic mass is 32.2. The first-order valence-corrected chi connectivity index (χ1v) is 13.9. The third kappa shape index (κ3) is 7.40. The van der Waals surface area contributed by atoms with Gasteiger partial charge in [-0.25, -0.2) is 9.07 Å². The molecule has 0 bridgehead atoms. The zero-order valence-corrected chi connectivity index (χ0v) is 24.8. The Hall–Kier alpha value is -5.05. The van der Waals surface area contributed by atoms with Gasteiger partial charge in [0.25, 0.3) is 11.6 Å². The van der Waals surface area contributed by atoms with E-state index >= 15 is 4.39 Å². The van der Waals surface area contributed by atoms with Crippen molar-refractivity contribution in [2.24, 2.45) is 0 Å². The molecule has 0 radical (unpaired) electrons. The molecule has 2 N–H and O–H groups in total. The number of non-ortho nitro benzene ring substituents is 1. The summed E-state index contributed by atoms with van der Waals surface area (Å²) in [4.78, 5) is 24.0. The average Bonchev–Trinajstić information content (AvgIpc) is 3.47. The summed E-state index contributed by atoms with van der Waals surface area (Å²) in [6.07, 6.45) is -6.74. The number of nitro groups is 1. The monoisotopic (exact) mass is 708 g/mol. The average molecular weight is 709 g/mol. The summed E-state index contributed by atoms with van der Waals surface area (Å²) in [6, 6.07) is 8.23. The Morgan fingerprint density at radius 2 is 1.75 bits per heavy atom. The lowest BCUT2D eigenvalue weighted by atomic mass is 10.0. The largest absolute Gasteiger partial charge is 0.497 e. The molecule has 0 fully saturated rings. The van der Waals surface area contributed by atoms with Crippen LogP contribution in [0.5, 0.6) is 11.5 Å². The van der Waals surface area contributed by atoms with Gasteiger partial charge >= 0.3 is 18.0 Å². The lowest BCUT2D eigenvalue weighted by molar-refractivity contribution is -0.384. The fourth-order valence-electron chi connectivity index (χ4n) is 3.92. The number of tetrazole rings is 1. The van der Waals surface area contributed by atoms with Gasteiger partial charge in [0, 0.05) is 22.6 Å². The molecule has 12 nitrogen and oxygen atoms in total. The molecular weight excluding hydrogens is 688 g/mol. The number of hydrogen-bond acceptors (Lipinski definition) is 10. The molecule has 0 atom stereocenters. The molecule has 0 aliphatic rings. The first-order chi connectivity index (χ1) is 22.5. The van der Waals surface area contributed by atoms with Crippen LogP contribution in [-0.4, -0.2) is 62.0 Å². The van der Waals surface area contributed by atoms with Crippen LogP contribution in [0.2, 0.25) is 0 Å². The molecule has 1 amide bonds. The maximum atomic E-state index is 15.4. The summed E-state index contributed by atoms with van der Waals surface area (Å²) in [6.45, 7) is -1.08. The molecule has 0 saturated heterocycles. The number of aliphatic hydroxyl groups excluding tert-OH is 1. The number of aliphatic hydroxyl groups is 1. The van der Waals surface area contributed by atoms with Crippen molar-refractivity contribution in [1.82, 2.24) is 20.2 Å². The van der Waals surface area contributed by atoms with Gasteiger partial charge in [-0.1, -0.05) is 12.1 Å². The van der Waals surface area contributed by atoms with E-state index in [9.17, 15) is 50.7 Å². The molecule has 21 heteroatoms. The number of nitro benzene ring substituents is 1. The van der Waals surface area contributed by atoms with Gasteiger partial charge in [0.1, 0.15) is 23.8 Å². The second-order valence-electron chi connectivity index (χ2n) is 9.52. The van der Waals surface area contributed by atoms with Gasteiger partial charge in [0.05, 0.1) is 30.7 Å². The van der Waals surface area contributed by atoms with Gasteiger partial charge in [-0.05, 0) is 58.1 Å². The lowest BCUT2D eigenvalue weighted by Gasteiger charge is -2.29. The SMILES string of the molecule is COc1ccc(COc2cc(C(F)(F)C(F)(F)C(F)(F)F)cc(F)c2NC(=O)c2cc([N+](=O)[O-])ccc2Sc2nnnn2CCO)cc1. The molecule has 3 aromatic carbocycles. The van der Waals surface area contributed by atoms with Gasteiger partial charge in [-0.2, -0.15) is 30.7 Å². The first-order valence-electron chi connectivity index (χ1n) is 13.1. The van der Waals surface area contributed by atoms with Crippen LogP contribution in [0.1, 0.15) is 21.5 Å². The van der Waals surface area contributed by atoms with E-state index in [4.69, 9.17) is 9.47 Å². The van der Waals surface area contributed by atoms with Crippen LogP contribution in [-0.2, 0) is 19.1 Å². The highest BCUT2D eigenvalue weighted by Gasteiger charge is 2.73. The Balaban J connectivity index is 1.78. The van der Waals surface area contributed by atoms with Crippen LogP contribution in [0, 0.1) is 15.9 Å². The van der Waals surface area contributed by atoms with Gasteiger partial charge in [-0.3, -0.25) is 14.9 Å². The van der Waals surface area contributed by atoms with Crippen molar-refractivity contribution < 1.29 is 59.4 Å². The van der Waals surface area contributed by atoms with E-state index in [-0.39, 0.29) is 34.3 Å². The number of anilines is 1. The van der Waals surface area contributed by atoms with Gasteiger partial charge in [0.2, 0.25) is 5.16 Å². The van der Waals surface area contributed by atoms with Crippen LogP contribution < -0.4 is 14.8 Å². The third-order valence-electron chi connectivity index (χ3n) is 6.39. The summed E-state index contributed by atoms with van der Waals surface area (Å²) < 4.78 is 123. The number of rotatable bonds is 13. The van der Waals surface area contributed by atoms with Crippen molar-refractivity contribution in [3.05, 3.63) is 87.2 Å². The van der Waals surface area contributed by atoms with Crippen LogP contribution >= 0.6 is 11.8 Å². The molecule has 4 aromatic rings. The Labute approximate surface area is 267 Å². The number of aromatic nitrogens is 4. The Morgan fingerprint density at radius 1 is 1.06 bits per heavy atom. The molecule has 4 rings (SSSR count). The van der Waals surface area contributed by atoms with Crippen molar-refractivity contribution in [3.63, 3.8) is 0 Å². The maximum absolute atomic E-state index is 15.4. The summed E-state index contributed by atoms with van der Waals surface area (Å²) in [7, 11) is 1.36. The van der Waals surface area contributed by atoms with Crippen molar-refractivity contribution in [2.45, 2.75) is 41.2 Å². The number of alkyl halides is 7. The fourth-order valence-corrected chi connectivity index (χ4v) is 4.83. The molecule has 0 spiro atoms. The molecular formula is C27H20F8N6O6S. The number of nitrogens with one attached hydrogen (secondary N) is 1. The smallest absolute Gasteiger partial charge is 0.460 e. The number of methoxy groups -OCH3 is 1. The van der Waals surface area contributed by atoms with E-state index in [1.165, 1.54) is 31.4 Å². The van der Waals surface area contributed by atoms with Crippen molar-refractivity contribution in [3.8, 4) is 11.5 Å². The molecule has 0 saturated carbocycles. The fraction of sp³-hybridized carbons (Fsp3) is 0.259. The van der Waals surface area contributed by atoms with Crippen molar-refractivity contribution in [1.29, 1.82) is 0 Å². The summed E-state index contributed by atoms with van der Waals surface area (Å²) in [5, 5.41) is 33.4.